The number of fused-ring (bicyclic) bond motifs is 8. The first-order chi connectivity index (χ1) is 29.0. The Balaban J connectivity index is 1.53. The lowest BCUT2D eigenvalue weighted by molar-refractivity contribution is -0.159. The molecule has 3 N–H and O–H groups in total. The van der Waals surface area contributed by atoms with Gasteiger partial charge < -0.3 is 47.7 Å². The fourth-order valence-corrected chi connectivity index (χ4v) is 7.50. The van der Waals surface area contributed by atoms with E-state index in [1.165, 1.54) is 30.8 Å². The molecule has 0 saturated carbocycles. The van der Waals surface area contributed by atoms with Gasteiger partial charge >= 0.3 is 5.97 Å². The zero-order valence-corrected chi connectivity index (χ0v) is 36.8. The van der Waals surface area contributed by atoms with E-state index in [2.05, 4.69) is 15.0 Å². The van der Waals surface area contributed by atoms with Crippen LogP contribution in [0.15, 0.2) is 62.0 Å². The third kappa shape index (κ3) is 14.4. The van der Waals surface area contributed by atoms with E-state index in [0.717, 1.165) is 0 Å². The molecular formula is C45H64N4O12. The van der Waals surface area contributed by atoms with E-state index >= 15 is 0 Å². The lowest BCUT2D eigenvalue weighted by atomic mass is 9.86. The number of methoxy groups -OCH3 is 2. The first-order valence-electron chi connectivity index (χ1n) is 20.9. The summed E-state index contributed by atoms with van der Waals surface area (Å²) in [4.78, 5) is 52.3. The van der Waals surface area contributed by atoms with Crippen LogP contribution >= 0.6 is 0 Å². The van der Waals surface area contributed by atoms with Crippen molar-refractivity contribution in [2.75, 3.05) is 21.3 Å². The maximum atomic E-state index is 13.5. The zero-order valence-electron chi connectivity index (χ0n) is 36.8. The van der Waals surface area contributed by atoms with Crippen molar-refractivity contribution in [3.8, 4) is 23.2 Å². The summed E-state index contributed by atoms with van der Waals surface area (Å²) in [6, 6.07) is 0. The average Bonchev–Trinajstić information content (AvgIpc) is 4.02. The van der Waals surface area contributed by atoms with Gasteiger partial charge in [-0.2, -0.15) is 0 Å². The molecule has 3 aromatic rings. The highest BCUT2D eigenvalue weighted by Gasteiger charge is 2.34. The van der Waals surface area contributed by atoms with Crippen LogP contribution in [0.3, 0.4) is 0 Å². The van der Waals surface area contributed by atoms with Crippen LogP contribution in [0.5, 0.6) is 0 Å². The van der Waals surface area contributed by atoms with Crippen molar-refractivity contribution in [2.45, 2.75) is 123 Å². The Hall–Kier alpha value is -4.74. The van der Waals surface area contributed by atoms with E-state index in [1.807, 2.05) is 39.8 Å². The van der Waals surface area contributed by atoms with Crippen molar-refractivity contribution >= 4 is 24.2 Å². The second-order valence-electron chi connectivity index (χ2n) is 16.6. The number of ketones is 1. The predicted molar refractivity (Wildman–Crippen MR) is 225 cm³/mol. The Morgan fingerprint density at radius 2 is 1.66 bits per heavy atom. The van der Waals surface area contributed by atoms with Gasteiger partial charge in [0.15, 0.2) is 17.2 Å². The topological polar surface area (TPSA) is 221 Å². The number of carbonyl (C=O) groups is 3. The number of aliphatic hydroxyl groups excluding tert-OH is 3. The molecule has 4 heterocycles. The van der Waals surface area contributed by atoms with Crippen LogP contribution in [0.4, 0.5) is 0 Å². The molecule has 11 atom stereocenters. The molecule has 1 aliphatic heterocycles. The summed E-state index contributed by atoms with van der Waals surface area (Å²) in [5.74, 6) is -1.41. The summed E-state index contributed by atoms with van der Waals surface area (Å²) in [5, 5.41) is 33.7. The smallest absolute Gasteiger partial charge is 0.308 e. The van der Waals surface area contributed by atoms with Crippen molar-refractivity contribution in [3.05, 3.63) is 60.4 Å². The minimum absolute atomic E-state index is 0.0106. The number of aromatic nitrogens is 3. The fraction of sp³-hybridized carbons (Fsp3) is 0.600. The molecule has 0 saturated heterocycles. The molecule has 0 spiro atoms. The summed E-state index contributed by atoms with van der Waals surface area (Å²) < 4.78 is 34.7. The molecule has 16 nitrogen and oxygen atoms in total. The van der Waals surface area contributed by atoms with Crippen LogP contribution in [0, 0.1) is 29.6 Å². The molecule has 16 heteroatoms. The van der Waals surface area contributed by atoms with Gasteiger partial charge in [-0.15, -0.1) is 0 Å². The second-order valence-corrected chi connectivity index (χ2v) is 16.6. The Labute approximate surface area is 358 Å². The van der Waals surface area contributed by atoms with Crippen LogP contribution in [0.25, 0.3) is 29.2 Å². The van der Waals surface area contributed by atoms with E-state index in [4.69, 9.17) is 27.5 Å². The summed E-state index contributed by atoms with van der Waals surface area (Å²) in [5.41, 5.74) is 1.72. The number of ether oxygens (including phenoxy) is 3. The van der Waals surface area contributed by atoms with Gasteiger partial charge in [-0.1, -0.05) is 52.8 Å². The number of nitrogens with zero attached hydrogens (tertiary/aromatic N) is 4. The number of amides is 1. The number of carbonyl (C=O) groups excluding carboxylic acids is 3. The molecule has 0 aromatic carbocycles. The molecule has 0 radical (unpaired) electrons. The number of Topliss-reactive ketones (excluding diaryl/α,β-unsaturated/α-hetero) is 1. The largest absolute Gasteiger partial charge is 0.462 e. The minimum atomic E-state index is -1.05. The highest BCUT2D eigenvalue weighted by Crippen LogP contribution is 2.33. The van der Waals surface area contributed by atoms with Crippen molar-refractivity contribution < 1.29 is 57.2 Å². The fourth-order valence-electron chi connectivity index (χ4n) is 7.50. The molecule has 6 bridgehead atoms. The molecular weight excluding hydrogens is 789 g/mol. The lowest BCUT2D eigenvalue weighted by Gasteiger charge is -2.32. The number of hydrogen-bond acceptors (Lipinski definition) is 15. The number of hydrogen-bond donors (Lipinski definition) is 3. The van der Waals surface area contributed by atoms with Gasteiger partial charge in [-0.05, 0) is 62.0 Å². The highest BCUT2D eigenvalue weighted by molar-refractivity contribution is 5.94. The van der Waals surface area contributed by atoms with Crippen molar-refractivity contribution in [1.82, 2.24) is 19.9 Å². The number of oxazole rings is 3. The van der Waals surface area contributed by atoms with Gasteiger partial charge in [0.05, 0.1) is 30.8 Å². The summed E-state index contributed by atoms with van der Waals surface area (Å²) >= 11 is 0. The second kappa shape index (κ2) is 23.5. The monoisotopic (exact) mass is 852 g/mol. The predicted octanol–water partition coefficient (Wildman–Crippen LogP) is 6.74. The van der Waals surface area contributed by atoms with E-state index < -0.39 is 54.4 Å². The van der Waals surface area contributed by atoms with Crippen LogP contribution in [0.2, 0.25) is 0 Å². The molecule has 0 fully saturated rings. The highest BCUT2D eigenvalue weighted by atomic mass is 16.5. The third-order valence-electron chi connectivity index (χ3n) is 11.4. The summed E-state index contributed by atoms with van der Waals surface area (Å²) in [7, 11) is 4.72. The third-order valence-corrected chi connectivity index (χ3v) is 11.4. The Bertz CT molecular complexity index is 1930. The quantitative estimate of drug-likeness (QED) is 0.0921. The van der Waals surface area contributed by atoms with Gasteiger partial charge in [0.25, 0.3) is 0 Å². The number of esters is 1. The first kappa shape index (κ1) is 48.9. The molecule has 61 heavy (non-hydrogen) atoms. The molecule has 1 amide bonds. The van der Waals surface area contributed by atoms with Crippen LogP contribution in [0.1, 0.15) is 104 Å². The molecule has 1 aliphatic rings. The van der Waals surface area contributed by atoms with E-state index in [9.17, 15) is 29.7 Å². The van der Waals surface area contributed by atoms with Gasteiger partial charge in [0, 0.05) is 52.1 Å². The Kier molecular flexibility index (Phi) is 18.8. The van der Waals surface area contributed by atoms with E-state index in [0.29, 0.717) is 41.9 Å². The Morgan fingerprint density at radius 1 is 0.967 bits per heavy atom. The van der Waals surface area contributed by atoms with Gasteiger partial charge in [-0.25, -0.2) is 15.0 Å². The summed E-state index contributed by atoms with van der Waals surface area (Å²) in [6.45, 7) is 11.2. The van der Waals surface area contributed by atoms with E-state index in [1.54, 1.807) is 46.4 Å². The van der Waals surface area contributed by atoms with Crippen LogP contribution < -0.4 is 0 Å². The Morgan fingerprint density at radius 3 is 2.36 bits per heavy atom. The normalized spacial score (nSPS) is 26.5. The average molecular weight is 853 g/mol. The number of allylic oxidation sites excluding steroid dienone is 3. The van der Waals surface area contributed by atoms with Crippen molar-refractivity contribution in [3.63, 3.8) is 0 Å². The van der Waals surface area contributed by atoms with Crippen LogP contribution in [-0.4, -0.2) is 105 Å². The number of aliphatic hydroxyl groups is 3. The first-order valence-corrected chi connectivity index (χ1v) is 20.9. The van der Waals surface area contributed by atoms with Gasteiger partial charge in [-0.3, -0.25) is 14.4 Å². The SMILES string of the molecule is CO[C@@H](C[C@@H]1OC(=O)C[C@@H](O)C[C@H](C)C[C@H](O)[C@H](C)[C@@H](OC)c2coc(n2)-c2coc(n2)-c2coc(n2)C=CC[C@H](O)[C@H]1C)[C@@H](C)CCC(=O)/C(C)=C/[C@H](C)/C=C/N(C)C=O. The molecule has 336 valence electrons. The molecule has 0 aliphatic carbocycles. The maximum absolute atomic E-state index is 13.5. The standard InChI is InChI=1S/C45H64N4O12/c1-26(15-16-49(7)25-50)17-29(4)36(52)14-13-28(3)39(56-8)21-40-30(5)37(53)11-10-12-41-46-34(23-58-41)44-48-35(24-60-44)45-47-33(22-59-45)43(57-9)31(6)38(54)19-27(2)18-32(51)20-42(55)61-40/h10,12,15-17,22-28,30-32,37-40,43,51,53-54H,11,13-14,18-21H2,1-9H3/b12-10?,16-15+,29-17+/t26-,27+,28+,30-,31+,32+,37+,38+,39+,40+,43-/m1/s1. The minimum Gasteiger partial charge on any atom is -0.462 e. The summed E-state index contributed by atoms with van der Waals surface area (Å²) in [6.07, 6.45) is 10.2. The van der Waals surface area contributed by atoms with Crippen LogP contribution in [-0.2, 0) is 28.6 Å². The molecule has 3 aromatic heterocycles. The zero-order chi connectivity index (χ0) is 44.8. The van der Waals surface area contributed by atoms with Gasteiger partial charge in [0.1, 0.15) is 36.7 Å². The van der Waals surface area contributed by atoms with Gasteiger partial charge in [0.2, 0.25) is 24.1 Å². The number of cyclic esters (lactones) is 1. The van der Waals surface area contributed by atoms with E-state index in [-0.39, 0.29) is 73.3 Å². The molecule has 0 unspecified atom stereocenters. The van der Waals surface area contributed by atoms with Crippen molar-refractivity contribution in [2.24, 2.45) is 29.6 Å². The van der Waals surface area contributed by atoms with Crippen molar-refractivity contribution in [1.29, 1.82) is 0 Å². The lowest BCUT2D eigenvalue weighted by Crippen LogP contribution is -2.38. The number of rotatable bonds is 13. The molecule has 4 rings (SSSR count). The maximum Gasteiger partial charge on any atom is 0.308 e.